The van der Waals surface area contributed by atoms with E-state index in [4.69, 9.17) is 4.74 Å². The molecule has 4 rings (SSSR count). The number of nitrogens with zero attached hydrogens (tertiary/aromatic N) is 1. The van der Waals surface area contributed by atoms with Crippen LogP contribution in [-0.2, 0) is 23.1 Å². The van der Waals surface area contributed by atoms with E-state index in [0.717, 1.165) is 11.6 Å². The van der Waals surface area contributed by atoms with Gasteiger partial charge in [0.1, 0.15) is 6.61 Å². The number of aliphatic hydroxyl groups is 1. The summed E-state index contributed by atoms with van der Waals surface area (Å²) in [6, 6.07) is 12.8. The molecule has 0 aromatic heterocycles. The zero-order valence-electron chi connectivity index (χ0n) is 16.7. The van der Waals surface area contributed by atoms with Crippen LogP contribution >= 0.6 is 0 Å². The van der Waals surface area contributed by atoms with Gasteiger partial charge >= 0.3 is 12.3 Å². The number of amides is 1. The van der Waals surface area contributed by atoms with Crippen LogP contribution in [0.15, 0.2) is 48.5 Å². The van der Waals surface area contributed by atoms with Crippen LogP contribution in [0.2, 0.25) is 0 Å². The Bertz CT molecular complexity index is 915. The lowest BCUT2D eigenvalue weighted by Crippen LogP contribution is -2.52. The van der Waals surface area contributed by atoms with Crippen molar-refractivity contribution in [3.8, 4) is 0 Å². The van der Waals surface area contributed by atoms with E-state index in [1.54, 1.807) is 11.0 Å². The van der Waals surface area contributed by atoms with Gasteiger partial charge in [-0.1, -0.05) is 42.5 Å². The fourth-order valence-electron chi connectivity index (χ4n) is 4.98. The van der Waals surface area contributed by atoms with E-state index in [1.807, 2.05) is 30.3 Å². The first-order valence-corrected chi connectivity index (χ1v) is 10.1. The van der Waals surface area contributed by atoms with Crippen molar-refractivity contribution < 1.29 is 27.8 Å². The quantitative estimate of drug-likeness (QED) is 0.747. The first-order valence-electron chi connectivity index (χ1n) is 10.1. The molecule has 2 unspecified atom stereocenters. The third-order valence-corrected chi connectivity index (χ3v) is 6.32. The summed E-state index contributed by atoms with van der Waals surface area (Å²) in [6.07, 6.45) is -3.11. The van der Waals surface area contributed by atoms with Crippen molar-refractivity contribution in [3.05, 3.63) is 70.8 Å². The summed E-state index contributed by atoms with van der Waals surface area (Å²) in [6.45, 7) is 1.56. The van der Waals surface area contributed by atoms with Crippen molar-refractivity contribution in [1.82, 2.24) is 4.90 Å². The Morgan fingerprint density at radius 1 is 1.10 bits per heavy atom. The normalized spacial score (nSPS) is 26.0. The van der Waals surface area contributed by atoms with E-state index in [-0.39, 0.29) is 37.1 Å². The molecule has 0 aliphatic carbocycles. The number of ether oxygens (including phenoxy) is 1. The van der Waals surface area contributed by atoms with Crippen LogP contribution in [-0.4, -0.2) is 28.2 Å². The number of hydrogen-bond donors (Lipinski definition) is 1. The molecule has 1 amide bonds. The second-order valence-corrected chi connectivity index (χ2v) is 8.25. The van der Waals surface area contributed by atoms with Crippen molar-refractivity contribution in [2.24, 2.45) is 0 Å². The first-order chi connectivity index (χ1) is 14.2. The van der Waals surface area contributed by atoms with Crippen LogP contribution in [0.4, 0.5) is 18.0 Å². The summed E-state index contributed by atoms with van der Waals surface area (Å²) in [5, 5.41) is 11.4. The third-order valence-electron chi connectivity index (χ3n) is 6.32. The summed E-state index contributed by atoms with van der Waals surface area (Å²) >= 11 is 0. The number of rotatable bonds is 3. The summed E-state index contributed by atoms with van der Waals surface area (Å²) in [7, 11) is 0. The zero-order chi connectivity index (χ0) is 21.5. The smallest absolute Gasteiger partial charge is 0.416 e. The van der Waals surface area contributed by atoms with E-state index in [0.29, 0.717) is 18.4 Å². The van der Waals surface area contributed by atoms with Crippen molar-refractivity contribution in [2.75, 3.05) is 0 Å². The number of piperidine rings is 1. The molecule has 4 nitrogen and oxygen atoms in total. The summed E-state index contributed by atoms with van der Waals surface area (Å²) < 4.78 is 45.5. The van der Waals surface area contributed by atoms with Crippen molar-refractivity contribution >= 4 is 6.09 Å². The predicted molar refractivity (Wildman–Crippen MR) is 105 cm³/mol. The lowest BCUT2D eigenvalue weighted by molar-refractivity contribution is -0.138. The van der Waals surface area contributed by atoms with Gasteiger partial charge in [-0.05, 0) is 42.5 Å². The molecule has 2 aliphatic heterocycles. The highest BCUT2D eigenvalue weighted by atomic mass is 19.4. The Hall–Kier alpha value is -2.54. The molecule has 2 heterocycles. The number of benzene rings is 2. The summed E-state index contributed by atoms with van der Waals surface area (Å²) in [5.41, 5.74) is -0.900. The van der Waals surface area contributed by atoms with E-state index >= 15 is 0 Å². The van der Waals surface area contributed by atoms with Crippen LogP contribution in [0.1, 0.15) is 47.9 Å². The average molecular weight is 419 g/mol. The molecule has 2 aromatic carbocycles. The van der Waals surface area contributed by atoms with Crippen LogP contribution in [0.25, 0.3) is 0 Å². The Kier molecular flexibility index (Phi) is 5.26. The molecule has 2 fully saturated rings. The lowest BCUT2D eigenvalue weighted by Gasteiger charge is -2.44. The van der Waals surface area contributed by atoms with Gasteiger partial charge in [0.25, 0.3) is 0 Å². The highest BCUT2D eigenvalue weighted by Crippen LogP contribution is 2.48. The topological polar surface area (TPSA) is 49.8 Å². The Morgan fingerprint density at radius 2 is 1.73 bits per heavy atom. The second-order valence-electron chi connectivity index (χ2n) is 8.25. The van der Waals surface area contributed by atoms with E-state index < -0.39 is 23.4 Å². The molecule has 2 saturated heterocycles. The fourth-order valence-corrected chi connectivity index (χ4v) is 4.98. The van der Waals surface area contributed by atoms with Crippen molar-refractivity contribution in [3.63, 3.8) is 0 Å². The van der Waals surface area contributed by atoms with Gasteiger partial charge in [-0.3, -0.25) is 0 Å². The largest absolute Gasteiger partial charge is 0.445 e. The second kappa shape index (κ2) is 7.61. The zero-order valence-corrected chi connectivity index (χ0v) is 16.7. The SMILES string of the molecule is Cc1c(C(F)(F)F)cccc1C1(O)CC2CCC(C1)N2C(=O)OCc1ccccc1. The molecule has 160 valence electrons. The highest BCUT2D eigenvalue weighted by Gasteiger charge is 2.51. The summed E-state index contributed by atoms with van der Waals surface area (Å²) in [4.78, 5) is 14.4. The minimum atomic E-state index is -4.47. The van der Waals surface area contributed by atoms with Gasteiger partial charge < -0.3 is 14.7 Å². The van der Waals surface area contributed by atoms with Crippen LogP contribution in [0.5, 0.6) is 0 Å². The Labute approximate surface area is 173 Å². The minimum absolute atomic E-state index is 0.0482. The van der Waals surface area contributed by atoms with Gasteiger partial charge in [0, 0.05) is 24.9 Å². The Morgan fingerprint density at radius 3 is 2.33 bits per heavy atom. The molecule has 7 heteroatoms. The maximum Gasteiger partial charge on any atom is 0.416 e. The molecule has 2 aliphatic rings. The van der Waals surface area contributed by atoms with Crippen LogP contribution < -0.4 is 0 Å². The molecule has 0 radical (unpaired) electrons. The van der Waals surface area contributed by atoms with Gasteiger partial charge in [-0.15, -0.1) is 0 Å². The number of fused-ring (bicyclic) bond motifs is 2. The monoisotopic (exact) mass is 419 g/mol. The Balaban J connectivity index is 1.52. The van der Waals surface area contributed by atoms with Gasteiger partial charge in [0.15, 0.2) is 0 Å². The number of halogens is 3. The van der Waals surface area contributed by atoms with Crippen molar-refractivity contribution in [2.45, 2.75) is 63.1 Å². The number of carbonyl (C=O) groups excluding carboxylic acids is 1. The van der Waals surface area contributed by atoms with Gasteiger partial charge in [0.2, 0.25) is 0 Å². The number of hydrogen-bond acceptors (Lipinski definition) is 3. The molecule has 2 bridgehead atoms. The molecule has 1 N–H and O–H groups in total. The minimum Gasteiger partial charge on any atom is -0.445 e. The first kappa shape index (κ1) is 20.7. The molecular formula is C23H24F3NO3. The number of alkyl halides is 3. The third kappa shape index (κ3) is 3.78. The predicted octanol–water partition coefficient (Wildman–Crippen LogP) is 5.17. The van der Waals surface area contributed by atoms with Crippen LogP contribution in [0.3, 0.4) is 0 Å². The molecule has 0 saturated carbocycles. The lowest BCUT2D eigenvalue weighted by atomic mass is 9.78. The molecule has 2 aromatic rings. The standard InChI is InChI=1S/C23H24F3NO3/c1-15-19(8-5-9-20(15)23(24,25)26)22(29)12-17-10-11-18(13-22)27(17)21(28)30-14-16-6-3-2-4-7-16/h2-9,17-18,29H,10-14H2,1H3. The van der Waals surface area contributed by atoms with E-state index in [9.17, 15) is 23.1 Å². The summed E-state index contributed by atoms with van der Waals surface area (Å²) in [5.74, 6) is 0. The van der Waals surface area contributed by atoms with E-state index in [1.165, 1.54) is 13.0 Å². The van der Waals surface area contributed by atoms with Crippen LogP contribution in [0, 0.1) is 6.92 Å². The molecular weight excluding hydrogens is 395 g/mol. The van der Waals surface area contributed by atoms with E-state index in [2.05, 4.69) is 0 Å². The maximum absolute atomic E-state index is 13.3. The molecule has 0 spiro atoms. The van der Waals surface area contributed by atoms with Gasteiger partial charge in [-0.25, -0.2) is 4.79 Å². The van der Waals surface area contributed by atoms with Gasteiger partial charge in [-0.2, -0.15) is 13.2 Å². The highest BCUT2D eigenvalue weighted by molar-refractivity contribution is 5.69. The number of carbonyl (C=O) groups is 1. The van der Waals surface area contributed by atoms with Gasteiger partial charge in [0.05, 0.1) is 11.2 Å². The molecule has 30 heavy (non-hydrogen) atoms. The molecule has 2 atom stereocenters. The van der Waals surface area contributed by atoms with Crippen molar-refractivity contribution in [1.29, 1.82) is 0 Å². The fraction of sp³-hybridized carbons (Fsp3) is 0.435. The average Bonchev–Trinajstić information content (AvgIpc) is 2.98. The maximum atomic E-state index is 13.3.